The third kappa shape index (κ3) is 5.83. The minimum atomic E-state index is -0.819. The Kier molecular flexibility index (Phi) is 8.36. The molecule has 0 spiro atoms. The highest BCUT2D eigenvalue weighted by Gasteiger charge is 2.46. The van der Waals surface area contributed by atoms with Crippen LogP contribution < -0.4 is 14.2 Å². The zero-order valence-electron chi connectivity index (χ0n) is 22.1. The van der Waals surface area contributed by atoms with Gasteiger partial charge in [-0.15, -0.1) is 0 Å². The zero-order valence-corrected chi connectivity index (χ0v) is 22.1. The molecule has 7 heteroatoms. The minimum Gasteiger partial charge on any atom is -0.507 e. The highest BCUT2D eigenvalue weighted by Crippen LogP contribution is 2.41. The van der Waals surface area contributed by atoms with Gasteiger partial charge in [-0.25, -0.2) is 0 Å². The van der Waals surface area contributed by atoms with E-state index in [0.29, 0.717) is 35.0 Å². The molecule has 1 heterocycles. The lowest BCUT2D eigenvalue weighted by atomic mass is 9.95. The largest absolute Gasteiger partial charge is 0.507 e. The summed E-state index contributed by atoms with van der Waals surface area (Å²) in [7, 11) is 1.55. The molecule has 0 saturated carbocycles. The Balaban J connectivity index is 1.80. The van der Waals surface area contributed by atoms with Crippen LogP contribution in [0.3, 0.4) is 0 Å². The summed E-state index contributed by atoms with van der Waals surface area (Å²) < 4.78 is 16.9. The second-order valence-electron chi connectivity index (χ2n) is 9.39. The van der Waals surface area contributed by atoms with Crippen molar-refractivity contribution in [2.75, 3.05) is 13.7 Å². The first-order valence-corrected chi connectivity index (χ1v) is 12.7. The molecular formula is C31H33NO6. The Morgan fingerprint density at radius 3 is 2.39 bits per heavy atom. The van der Waals surface area contributed by atoms with Crippen molar-refractivity contribution >= 4 is 17.4 Å². The Labute approximate surface area is 223 Å². The van der Waals surface area contributed by atoms with Gasteiger partial charge < -0.3 is 24.2 Å². The molecule has 7 nitrogen and oxygen atoms in total. The average Bonchev–Trinajstić information content (AvgIpc) is 3.16. The molecule has 1 aliphatic rings. The van der Waals surface area contributed by atoms with Crippen LogP contribution in [0.4, 0.5) is 0 Å². The number of hydrogen-bond acceptors (Lipinski definition) is 6. The van der Waals surface area contributed by atoms with Crippen molar-refractivity contribution in [1.29, 1.82) is 0 Å². The maximum Gasteiger partial charge on any atom is 0.295 e. The highest BCUT2D eigenvalue weighted by atomic mass is 16.5. The number of hydrogen-bond donors (Lipinski definition) is 1. The van der Waals surface area contributed by atoms with Crippen LogP contribution in [0, 0.1) is 0 Å². The van der Waals surface area contributed by atoms with E-state index in [4.69, 9.17) is 14.2 Å². The SMILES string of the molecule is CCCOc1cccc(/C(O)=C2/C(=O)C(=O)N(Cc3cccc(OC(C)C)c3)C2c2cccc(OC)c2)c1. The normalized spacial score (nSPS) is 16.7. The van der Waals surface area contributed by atoms with Gasteiger partial charge >= 0.3 is 0 Å². The van der Waals surface area contributed by atoms with Crippen LogP contribution in [0.5, 0.6) is 17.2 Å². The molecule has 1 atom stereocenters. The molecule has 1 unspecified atom stereocenters. The molecule has 3 aromatic rings. The third-order valence-corrected chi connectivity index (χ3v) is 6.15. The van der Waals surface area contributed by atoms with Crippen molar-refractivity contribution in [1.82, 2.24) is 4.90 Å². The van der Waals surface area contributed by atoms with Crippen LogP contribution in [0.2, 0.25) is 0 Å². The molecule has 0 bridgehead atoms. The molecule has 4 rings (SSSR count). The molecule has 0 aromatic heterocycles. The predicted molar refractivity (Wildman–Crippen MR) is 145 cm³/mol. The fourth-order valence-electron chi connectivity index (χ4n) is 4.50. The Bertz CT molecular complexity index is 1350. The predicted octanol–water partition coefficient (Wildman–Crippen LogP) is 5.89. The number of aliphatic hydroxyl groups is 1. The van der Waals surface area contributed by atoms with Gasteiger partial charge in [0.2, 0.25) is 0 Å². The number of carbonyl (C=O) groups is 2. The molecule has 198 valence electrons. The van der Waals surface area contributed by atoms with Gasteiger partial charge in [-0.2, -0.15) is 0 Å². The molecule has 1 N–H and O–H groups in total. The molecular weight excluding hydrogens is 482 g/mol. The fourth-order valence-corrected chi connectivity index (χ4v) is 4.50. The molecule has 0 aliphatic carbocycles. The second kappa shape index (κ2) is 11.9. The van der Waals surface area contributed by atoms with E-state index in [0.717, 1.165) is 12.0 Å². The van der Waals surface area contributed by atoms with E-state index in [-0.39, 0.29) is 24.0 Å². The van der Waals surface area contributed by atoms with Crippen LogP contribution in [-0.4, -0.2) is 41.5 Å². The van der Waals surface area contributed by atoms with Crippen LogP contribution in [0.15, 0.2) is 78.4 Å². The number of methoxy groups -OCH3 is 1. The first-order chi connectivity index (χ1) is 18.3. The monoisotopic (exact) mass is 515 g/mol. The number of likely N-dealkylation sites (tertiary alicyclic amines) is 1. The Hall–Kier alpha value is -4.26. The van der Waals surface area contributed by atoms with E-state index in [9.17, 15) is 14.7 Å². The minimum absolute atomic E-state index is 0.00618. The molecule has 0 radical (unpaired) electrons. The summed E-state index contributed by atoms with van der Waals surface area (Å²) in [6.45, 7) is 6.56. The molecule has 1 aliphatic heterocycles. The van der Waals surface area contributed by atoms with Crippen LogP contribution in [0.1, 0.15) is 49.9 Å². The van der Waals surface area contributed by atoms with Gasteiger partial charge in [-0.05, 0) is 67.8 Å². The van der Waals surface area contributed by atoms with Crippen molar-refractivity contribution in [3.05, 3.63) is 95.1 Å². The van der Waals surface area contributed by atoms with Gasteiger partial charge in [-0.1, -0.05) is 43.3 Å². The summed E-state index contributed by atoms with van der Waals surface area (Å²) in [6.07, 6.45) is 0.828. The number of Topliss-reactive ketones (excluding diaryl/α,β-unsaturated/α-hetero) is 1. The lowest BCUT2D eigenvalue weighted by molar-refractivity contribution is -0.140. The van der Waals surface area contributed by atoms with E-state index >= 15 is 0 Å². The maximum absolute atomic E-state index is 13.4. The van der Waals surface area contributed by atoms with E-state index in [1.54, 1.807) is 49.6 Å². The smallest absolute Gasteiger partial charge is 0.295 e. The number of rotatable bonds is 10. The van der Waals surface area contributed by atoms with Gasteiger partial charge in [0, 0.05) is 12.1 Å². The number of nitrogens with zero attached hydrogens (tertiary/aromatic N) is 1. The topological polar surface area (TPSA) is 85.3 Å². The van der Waals surface area contributed by atoms with Gasteiger partial charge in [0.1, 0.15) is 23.0 Å². The van der Waals surface area contributed by atoms with Crippen molar-refractivity contribution < 1.29 is 28.9 Å². The number of ketones is 1. The van der Waals surface area contributed by atoms with E-state index in [1.165, 1.54) is 4.90 Å². The first kappa shape index (κ1) is 26.8. The Morgan fingerprint density at radius 1 is 0.947 bits per heavy atom. The van der Waals surface area contributed by atoms with Crippen molar-refractivity contribution in [2.45, 2.75) is 45.9 Å². The number of ether oxygens (including phenoxy) is 3. The number of carbonyl (C=O) groups excluding carboxylic acids is 2. The lowest BCUT2D eigenvalue weighted by Crippen LogP contribution is -2.29. The van der Waals surface area contributed by atoms with Crippen molar-refractivity contribution in [2.24, 2.45) is 0 Å². The highest BCUT2D eigenvalue weighted by molar-refractivity contribution is 6.46. The summed E-state index contributed by atoms with van der Waals surface area (Å²) in [5.41, 5.74) is 1.87. The van der Waals surface area contributed by atoms with Gasteiger partial charge in [0.15, 0.2) is 0 Å². The standard InChI is InChI=1S/C31H33NO6/c1-5-15-37-25-13-8-11-23(18-25)29(33)27-28(22-10-7-12-24(17-22)36-4)32(31(35)30(27)34)19-21-9-6-14-26(16-21)38-20(2)3/h6-14,16-18,20,28,33H,5,15,19H2,1-4H3/b29-27-. The summed E-state index contributed by atoms with van der Waals surface area (Å²) >= 11 is 0. The number of amides is 1. The Morgan fingerprint density at radius 2 is 1.66 bits per heavy atom. The second-order valence-corrected chi connectivity index (χ2v) is 9.39. The lowest BCUT2D eigenvalue weighted by Gasteiger charge is -2.26. The van der Waals surface area contributed by atoms with Crippen LogP contribution in [-0.2, 0) is 16.1 Å². The summed E-state index contributed by atoms with van der Waals surface area (Å²) in [6, 6.07) is 20.7. The molecule has 38 heavy (non-hydrogen) atoms. The average molecular weight is 516 g/mol. The van der Waals surface area contributed by atoms with Crippen LogP contribution >= 0.6 is 0 Å². The quantitative estimate of drug-likeness (QED) is 0.206. The van der Waals surface area contributed by atoms with E-state index < -0.39 is 17.7 Å². The summed E-state index contributed by atoms with van der Waals surface area (Å²) in [5.74, 6) is 0.145. The molecule has 1 saturated heterocycles. The van der Waals surface area contributed by atoms with E-state index in [2.05, 4.69) is 0 Å². The summed E-state index contributed by atoms with van der Waals surface area (Å²) in [4.78, 5) is 28.3. The first-order valence-electron chi connectivity index (χ1n) is 12.7. The van der Waals surface area contributed by atoms with Crippen molar-refractivity contribution in [3.63, 3.8) is 0 Å². The zero-order chi connectivity index (χ0) is 27.2. The van der Waals surface area contributed by atoms with Gasteiger partial charge in [0.05, 0.1) is 31.4 Å². The van der Waals surface area contributed by atoms with Gasteiger partial charge in [-0.3, -0.25) is 9.59 Å². The van der Waals surface area contributed by atoms with Crippen molar-refractivity contribution in [3.8, 4) is 17.2 Å². The summed E-state index contributed by atoms with van der Waals surface area (Å²) in [5, 5.41) is 11.4. The van der Waals surface area contributed by atoms with E-state index in [1.807, 2.05) is 51.1 Å². The molecule has 1 fully saturated rings. The fraction of sp³-hybridized carbons (Fsp3) is 0.290. The molecule has 3 aromatic carbocycles. The van der Waals surface area contributed by atoms with Gasteiger partial charge in [0.25, 0.3) is 11.7 Å². The molecule has 1 amide bonds. The van der Waals surface area contributed by atoms with Crippen LogP contribution in [0.25, 0.3) is 5.76 Å². The maximum atomic E-state index is 13.4. The third-order valence-electron chi connectivity index (χ3n) is 6.15. The number of benzene rings is 3. The number of aliphatic hydroxyl groups excluding tert-OH is 1.